The summed E-state index contributed by atoms with van der Waals surface area (Å²) in [4.78, 5) is 14.1. The molecule has 0 radical (unpaired) electrons. The molecule has 0 aliphatic carbocycles. The van der Waals surface area contributed by atoms with Crippen molar-refractivity contribution in [3.63, 3.8) is 0 Å². The number of carbonyl (C=O) groups excluding carboxylic acids is 1. The molecule has 1 saturated heterocycles. The first-order valence-corrected chi connectivity index (χ1v) is 6.67. The molecule has 5 heteroatoms. The van der Waals surface area contributed by atoms with E-state index in [1.165, 1.54) is 0 Å². The van der Waals surface area contributed by atoms with Gasteiger partial charge in [0, 0.05) is 6.54 Å². The van der Waals surface area contributed by atoms with Crippen molar-refractivity contribution in [2.24, 2.45) is 5.92 Å². The predicted octanol–water partition coefficient (Wildman–Crippen LogP) is 2.19. The van der Waals surface area contributed by atoms with Crippen molar-refractivity contribution in [2.75, 3.05) is 18.0 Å². The minimum Gasteiger partial charge on any atom is -0.358 e. The molecule has 2 rings (SSSR count). The minimum atomic E-state index is -0.247. The Morgan fingerprint density at radius 1 is 1.58 bits per heavy atom. The molecular formula is C14H16ClN3O. The van der Waals surface area contributed by atoms with Gasteiger partial charge in [-0.15, -0.1) is 0 Å². The number of hydrogen-bond donors (Lipinski definition) is 1. The average Bonchev–Trinajstić information content (AvgIpc) is 2.78. The largest absolute Gasteiger partial charge is 0.358 e. The summed E-state index contributed by atoms with van der Waals surface area (Å²) in [5.41, 5.74) is 0.880. The molecule has 1 amide bonds. The normalized spacial score (nSPS) is 22.1. The second-order valence-electron chi connectivity index (χ2n) is 4.84. The highest BCUT2D eigenvalue weighted by molar-refractivity contribution is 6.33. The van der Waals surface area contributed by atoms with Crippen LogP contribution in [-0.4, -0.2) is 25.0 Å². The number of nitrogens with one attached hydrogen (secondary N) is 1. The Hall–Kier alpha value is -1.73. The zero-order chi connectivity index (χ0) is 13.8. The summed E-state index contributed by atoms with van der Waals surface area (Å²) in [6.07, 6.45) is 0.780. The van der Waals surface area contributed by atoms with Gasteiger partial charge in [-0.25, -0.2) is 0 Å². The van der Waals surface area contributed by atoms with Gasteiger partial charge >= 0.3 is 0 Å². The van der Waals surface area contributed by atoms with Crippen LogP contribution in [0, 0.1) is 17.2 Å². The van der Waals surface area contributed by atoms with Gasteiger partial charge in [-0.05, 0) is 24.5 Å². The van der Waals surface area contributed by atoms with E-state index in [-0.39, 0.29) is 18.5 Å². The van der Waals surface area contributed by atoms with Crippen LogP contribution in [0.15, 0.2) is 24.3 Å². The lowest BCUT2D eigenvalue weighted by atomic mass is 10.1. The maximum Gasteiger partial charge on any atom is 0.243 e. The maximum absolute atomic E-state index is 12.1. The predicted molar refractivity (Wildman–Crippen MR) is 75.0 cm³/mol. The number of hydrogen-bond acceptors (Lipinski definition) is 3. The third-order valence-electron chi connectivity index (χ3n) is 3.32. The fraction of sp³-hybridized carbons (Fsp3) is 0.429. The van der Waals surface area contributed by atoms with Crippen LogP contribution in [0.3, 0.4) is 0 Å². The van der Waals surface area contributed by atoms with Crippen molar-refractivity contribution in [1.82, 2.24) is 5.32 Å². The lowest BCUT2D eigenvalue weighted by molar-refractivity contribution is -0.122. The molecule has 0 bridgehead atoms. The number of benzene rings is 1. The first-order valence-electron chi connectivity index (χ1n) is 6.29. The molecule has 1 aromatic rings. The zero-order valence-corrected chi connectivity index (χ0v) is 11.5. The number of rotatable bonds is 3. The van der Waals surface area contributed by atoms with E-state index in [1.807, 2.05) is 35.2 Å². The van der Waals surface area contributed by atoms with Crippen molar-refractivity contribution < 1.29 is 4.79 Å². The standard InChI is InChI=1S/C14H16ClN3O/c1-10-8-13(14(19)17-7-6-16)18(9-10)12-5-3-2-4-11(12)15/h2-5,10,13H,7-9H2,1H3,(H,17,19)/t10-,13-/m0/s1. The van der Waals surface area contributed by atoms with Crippen LogP contribution in [0.25, 0.3) is 0 Å². The summed E-state index contributed by atoms with van der Waals surface area (Å²) in [7, 11) is 0. The van der Waals surface area contributed by atoms with Gasteiger partial charge in [0.15, 0.2) is 0 Å². The van der Waals surface area contributed by atoms with Gasteiger partial charge in [0.2, 0.25) is 5.91 Å². The molecule has 100 valence electrons. The van der Waals surface area contributed by atoms with Crippen LogP contribution in [0.2, 0.25) is 5.02 Å². The highest BCUT2D eigenvalue weighted by Gasteiger charge is 2.35. The third kappa shape index (κ3) is 2.99. The maximum atomic E-state index is 12.1. The Morgan fingerprint density at radius 2 is 2.32 bits per heavy atom. The highest BCUT2D eigenvalue weighted by Crippen LogP contribution is 2.33. The molecule has 4 nitrogen and oxygen atoms in total. The number of nitrogens with zero attached hydrogens (tertiary/aromatic N) is 2. The molecule has 1 aliphatic rings. The summed E-state index contributed by atoms with van der Waals surface area (Å²) in [5.74, 6) is 0.319. The van der Waals surface area contributed by atoms with E-state index in [2.05, 4.69) is 12.2 Å². The quantitative estimate of drug-likeness (QED) is 0.862. The van der Waals surface area contributed by atoms with Crippen LogP contribution < -0.4 is 10.2 Å². The Kier molecular flexibility index (Phi) is 4.28. The molecule has 0 saturated carbocycles. The lowest BCUT2D eigenvalue weighted by Crippen LogP contribution is -2.43. The van der Waals surface area contributed by atoms with Crippen LogP contribution in [0.5, 0.6) is 0 Å². The zero-order valence-electron chi connectivity index (χ0n) is 10.8. The van der Waals surface area contributed by atoms with E-state index >= 15 is 0 Å². The topological polar surface area (TPSA) is 56.1 Å². The van der Waals surface area contributed by atoms with Crippen molar-refractivity contribution in [1.29, 1.82) is 5.26 Å². The third-order valence-corrected chi connectivity index (χ3v) is 3.64. The van der Waals surface area contributed by atoms with Gasteiger partial charge in [0.1, 0.15) is 12.6 Å². The van der Waals surface area contributed by atoms with Gasteiger partial charge in [0.25, 0.3) is 0 Å². The molecule has 0 unspecified atom stereocenters. The fourth-order valence-electron chi connectivity index (χ4n) is 2.49. The Bertz CT molecular complexity index is 512. The van der Waals surface area contributed by atoms with Gasteiger partial charge in [-0.3, -0.25) is 4.79 Å². The van der Waals surface area contributed by atoms with Crippen molar-refractivity contribution >= 4 is 23.2 Å². The monoisotopic (exact) mass is 277 g/mol. The molecule has 1 fully saturated rings. The summed E-state index contributed by atoms with van der Waals surface area (Å²) >= 11 is 6.20. The van der Waals surface area contributed by atoms with Crippen molar-refractivity contribution in [2.45, 2.75) is 19.4 Å². The van der Waals surface area contributed by atoms with E-state index in [1.54, 1.807) is 0 Å². The molecule has 1 aliphatic heterocycles. The minimum absolute atomic E-state index is 0.0417. The number of amides is 1. The van der Waals surface area contributed by atoms with Gasteiger partial charge in [-0.2, -0.15) is 5.26 Å². The SMILES string of the molecule is C[C@H]1C[C@@H](C(=O)NCC#N)N(c2ccccc2Cl)C1. The van der Waals surface area contributed by atoms with Crippen molar-refractivity contribution in [3.8, 4) is 6.07 Å². The van der Waals surface area contributed by atoms with E-state index in [0.29, 0.717) is 10.9 Å². The Balaban J connectivity index is 2.21. The first kappa shape index (κ1) is 13.7. The van der Waals surface area contributed by atoms with Gasteiger partial charge in [0.05, 0.1) is 16.8 Å². The average molecular weight is 278 g/mol. The Morgan fingerprint density at radius 3 is 3.00 bits per heavy atom. The van der Waals surface area contributed by atoms with Crippen LogP contribution in [0.4, 0.5) is 5.69 Å². The number of halogens is 1. The number of carbonyl (C=O) groups is 1. The number of anilines is 1. The summed E-state index contributed by atoms with van der Waals surface area (Å²) < 4.78 is 0. The molecule has 2 atom stereocenters. The Labute approximate surface area is 118 Å². The van der Waals surface area contributed by atoms with Gasteiger partial charge < -0.3 is 10.2 Å². The molecule has 1 N–H and O–H groups in total. The molecule has 0 aromatic heterocycles. The van der Waals surface area contributed by atoms with E-state index in [4.69, 9.17) is 16.9 Å². The fourth-order valence-corrected chi connectivity index (χ4v) is 2.73. The number of nitriles is 1. The summed E-state index contributed by atoms with van der Waals surface area (Å²) in [5, 5.41) is 11.8. The second-order valence-corrected chi connectivity index (χ2v) is 5.24. The van der Waals surface area contributed by atoms with Crippen molar-refractivity contribution in [3.05, 3.63) is 29.3 Å². The highest BCUT2D eigenvalue weighted by atomic mass is 35.5. The number of para-hydroxylation sites is 1. The summed E-state index contributed by atoms with van der Waals surface area (Å²) in [6, 6.07) is 9.20. The molecule has 1 aromatic carbocycles. The van der Waals surface area contributed by atoms with Gasteiger partial charge in [-0.1, -0.05) is 30.7 Å². The molecule has 0 spiro atoms. The van der Waals surface area contributed by atoms with Crippen LogP contribution in [-0.2, 0) is 4.79 Å². The van der Waals surface area contributed by atoms with E-state index in [0.717, 1.165) is 18.7 Å². The molecule has 19 heavy (non-hydrogen) atoms. The van der Waals surface area contributed by atoms with E-state index < -0.39 is 0 Å². The van der Waals surface area contributed by atoms with Crippen LogP contribution in [0.1, 0.15) is 13.3 Å². The second kappa shape index (κ2) is 5.94. The summed E-state index contributed by atoms with van der Waals surface area (Å²) in [6.45, 7) is 2.95. The van der Waals surface area contributed by atoms with Crippen LogP contribution >= 0.6 is 11.6 Å². The van der Waals surface area contributed by atoms with E-state index in [9.17, 15) is 4.79 Å². The molecule has 1 heterocycles. The lowest BCUT2D eigenvalue weighted by Gasteiger charge is -2.26. The smallest absolute Gasteiger partial charge is 0.243 e. The molecular weight excluding hydrogens is 262 g/mol. The first-order chi connectivity index (χ1) is 9.13.